The molecule has 4 aromatic carbocycles. The van der Waals surface area contributed by atoms with Crippen LogP contribution in [0.5, 0.6) is 0 Å². The first-order valence-corrected chi connectivity index (χ1v) is 19.2. The summed E-state index contributed by atoms with van der Waals surface area (Å²) in [7, 11) is -7.89. The fourth-order valence-corrected chi connectivity index (χ4v) is 5.42. The van der Waals surface area contributed by atoms with E-state index in [0.717, 1.165) is 81.7 Å². The number of aliphatic hydroxyl groups is 2. The molecular weight excluding hydrogens is 934 g/mol. The first kappa shape index (κ1) is 53.9. The van der Waals surface area contributed by atoms with Crippen LogP contribution in [0.15, 0.2) is 97.1 Å². The molecule has 8 rings (SSSR count). The van der Waals surface area contributed by atoms with Crippen LogP contribution in [0.25, 0.3) is 44.1 Å². The molecule has 0 saturated heterocycles. The summed E-state index contributed by atoms with van der Waals surface area (Å²) in [4.78, 5) is 30.6. The number of para-hydroxylation sites is 8. The van der Waals surface area contributed by atoms with Crippen molar-refractivity contribution < 1.29 is 112 Å². The zero-order valence-electron chi connectivity index (χ0n) is 31.3. The molecule has 6 N–H and O–H groups in total. The van der Waals surface area contributed by atoms with Crippen molar-refractivity contribution in [2.45, 2.75) is 37.9 Å². The molecule has 0 bridgehead atoms. The van der Waals surface area contributed by atoms with E-state index in [1.165, 1.54) is 0 Å². The molecule has 60 heavy (non-hydrogen) atoms. The minimum absolute atomic E-state index is 0. The maximum absolute atomic E-state index is 12.3. The Balaban J connectivity index is 0.000000449. The van der Waals surface area contributed by atoms with E-state index in [1.54, 1.807) is 0 Å². The van der Waals surface area contributed by atoms with Crippen molar-refractivity contribution in [3.05, 3.63) is 120 Å². The standard InChI is InChI=1S/2C17H15N4O.2CH4O.2ClHO4.2Cu/c2*22-11(9-16-18-12-5-1-2-6-13(12)19-16)10-17-20-14-7-3-4-8-15(14)21-17;2*1-2;2*2-1(3,4)5;;/h2*1-8,11H,9-10H2,(H,18,19)(H,20,21);2*2H,1H3;2*(H,2,3,4,5);;/q2*-1;;;;;2*+2/p-2. The number of imidazole rings is 4. The molecule has 8 aromatic rings. The van der Waals surface area contributed by atoms with Gasteiger partial charge in [0.1, 0.15) is 23.3 Å². The summed E-state index contributed by atoms with van der Waals surface area (Å²) in [6.07, 6.45) is -0.0863. The molecule has 0 saturated carbocycles. The number of halogens is 2. The first-order chi connectivity index (χ1) is 27.6. The van der Waals surface area contributed by atoms with E-state index in [1.807, 2.05) is 97.1 Å². The Labute approximate surface area is 367 Å². The second-order valence-electron chi connectivity index (χ2n) is 11.6. The van der Waals surface area contributed by atoms with Crippen LogP contribution in [-0.4, -0.2) is 76.5 Å². The summed E-state index contributed by atoms with van der Waals surface area (Å²) in [6, 6.07) is 31.2. The summed E-state index contributed by atoms with van der Waals surface area (Å²) in [5, 5.41) is 38.6. The number of benzene rings is 4. The van der Waals surface area contributed by atoms with Gasteiger partial charge in [-0.25, -0.2) is 57.2 Å². The third-order valence-corrected chi connectivity index (χ3v) is 7.44. The van der Waals surface area contributed by atoms with Gasteiger partial charge in [-0.1, -0.05) is 48.5 Å². The van der Waals surface area contributed by atoms with Gasteiger partial charge in [-0.3, -0.25) is 0 Å². The minimum atomic E-state index is -4.94. The Hall–Kier alpha value is -4.10. The van der Waals surface area contributed by atoms with Crippen molar-refractivity contribution in [3.8, 4) is 0 Å². The van der Waals surface area contributed by atoms with Gasteiger partial charge in [0.2, 0.25) is 0 Å². The first-order valence-electron chi connectivity index (χ1n) is 16.7. The predicted octanol–water partition coefficient (Wildman–Crippen LogP) is -6.39. The number of fused-ring (bicyclic) bond motifs is 4. The Morgan fingerprint density at radius 1 is 0.400 bits per heavy atom. The maximum atomic E-state index is 12.3. The normalized spacial score (nSPS) is 10.8. The quantitative estimate of drug-likeness (QED) is 0.0771. The van der Waals surface area contributed by atoms with Crippen molar-refractivity contribution in [2.24, 2.45) is 0 Å². The van der Waals surface area contributed by atoms with Crippen LogP contribution in [0, 0.1) is 20.5 Å². The molecule has 0 atom stereocenters. The van der Waals surface area contributed by atoms with Gasteiger partial charge in [0.05, 0.1) is 44.1 Å². The van der Waals surface area contributed by atoms with Gasteiger partial charge < -0.3 is 40.4 Å². The fraction of sp³-hybridized carbons (Fsp3) is 0.222. The van der Waals surface area contributed by atoms with Crippen molar-refractivity contribution in [1.29, 1.82) is 0 Å². The van der Waals surface area contributed by atoms with E-state index in [4.69, 9.17) is 47.5 Å². The fourth-order valence-electron chi connectivity index (χ4n) is 5.42. The Morgan fingerprint density at radius 2 is 0.567 bits per heavy atom. The van der Waals surface area contributed by atoms with Crippen molar-refractivity contribution in [3.63, 3.8) is 0 Å². The van der Waals surface area contributed by atoms with Crippen molar-refractivity contribution in [1.82, 2.24) is 39.9 Å². The molecule has 0 aliphatic carbocycles. The molecule has 20 nitrogen and oxygen atoms in total. The van der Waals surface area contributed by atoms with Gasteiger partial charge >= 0.3 is 34.1 Å². The van der Waals surface area contributed by atoms with Gasteiger partial charge in [0.15, 0.2) is 0 Å². The topological polar surface area (TPSA) is 386 Å². The van der Waals surface area contributed by atoms with Gasteiger partial charge in [-0.05, 0) is 74.2 Å². The summed E-state index contributed by atoms with van der Waals surface area (Å²) in [5.41, 5.74) is 7.45. The zero-order chi connectivity index (χ0) is 42.9. The largest absolute Gasteiger partial charge is 2.00 e. The molecule has 0 aliphatic heterocycles. The molecule has 4 heterocycles. The van der Waals surface area contributed by atoms with Gasteiger partial charge in [-0.15, -0.1) is 32.7 Å². The third kappa shape index (κ3) is 19.5. The van der Waals surface area contributed by atoms with E-state index in [2.05, 4.69) is 39.9 Å². The Morgan fingerprint density at radius 3 is 0.733 bits per heavy atom. The van der Waals surface area contributed by atoms with E-state index in [-0.39, 0.29) is 34.1 Å². The monoisotopic (exact) mass is 970 g/mol. The second kappa shape index (κ2) is 26.3. The summed E-state index contributed by atoms with van der Waals surface area (Å²) in [5.74, 6) is 2.93. The number of aliphatic hydroxyl groups excluding tert-OH is 2. The van der Waals surface area contributed by atoms with Crippen molar-refractivity contribution in [2.75, 3.05) is 14.2 Å². The number of nitrogens with zero attached hydrogens (tertiary/aromatic N) is 4. The molecule has 0 aliphatic rings. The predicted molar refractivity (Wildman–Crippen MR) is 183 cm³/mol. The maximum Gasteiger partial charge on any atom is 2.00 e. The van der Waals surface area contributed by atoms with Crippen LogP contribution < -0.4 is 47.5 Å². The van der Waals surface area contributed by atoms with Crippen LogP contribution >= 0.6 is 0 Å². The van der Waals surface area contributed by atoms with E-state index in [9.17, 15) is 10.2 Å². The number of nitrogens with one attached hydrogen (secondary N) is 4. The van der Waals surface area contributed by atoms with Gasteiger partial charge in [-0.2, -0.15) is 0 Å². The average Bonchev–Trinajstić information content (AvgIpc) is 3.95. The summed E-state index contributed by atoms with van der Waals surface area (Å²) in [6.45, 7) is 0. The number of hydrogen-bond donors (Lipinski definition) is 6. The number of hydrogen-bond acceptors (Lipinski definition) is 16. The summed E-state index contributed by atoms with van der Waals surface area (Å²) < 4.78 is 67.9. The summed E-state index contributed by atoms with van der Waals surface area (Å²) >= 11 is 0. The molecule has 0 unspecified atom stereocenters. The molecule has 24 heteroatoms. The van der Waals surface area contributed by atoms with E-state index >= 15 is 0 Å². The SMILES string of the molecule is CO.CO.[Cu+2].[Cu+2].[O-]C(Cc1nc2ccccc2[nH]1)Cc1nc2ccccc2[nH]1.[O-]C(Cc1nc2ccccc2[nH]1)Cc1nc2ccccc2[nH]1.[O-][Cl+3]([O-])([O-])[O-].[O-][Cl+3]([O-])([O-])[O-]. The Kier molecular flexibility index (Phi) is 23.6. The molecule has 0 amide bonds. The van der Waals surface area contributed by atoms with Crippen molar-refractivity contribution >= 4 is 44.1 Å². The molecule has 330 valence electrons. The number of aromatic amines is 4. The molecule has 0 spiro atoms. The van der Waals surface area contributed by atoms with Gasteiger partial charge in [0, 0.05) is 14.2 Å². The van der Waals surface area contributed by atoms with E-state index < -0.39 is 32.7 Å². The van der Waals surface area contributed by atoms with Crippen LogP contribution in [0.1, 0.15) is 23.3 Å². The van der Waals surface area contributed by atoms with Crippen LogP contribution in [0.2, 0.25) is 0 Å². The average molecular weight is 973 g/mol. The van der Waals surface area contributed by atoms with Gasteiger partial charge in [0.25, 0.3) is 0 Å². The molecule has 0 fully saturated rings. The molecular formula is C36H38Cl2Cu2N8O12. The van der Waals surface area contributed by atoms with Crippen LogP contribution in [0.3, 0.4) is 0 Å². The number of H-pyrrole nitrogens is 4. The number of rotatable bonds is 8. The Bertz CT molecular complexity index is 1940. The second-order valence-corrected chi connectivity index (χ2v) is 13.1. The van der Waals surface area contributed by atoms with Crippen LogP contribution in [-0.2, 0) is 59.8 Å². The van der Waals surface area contributed by atoms with Crippen LogP contribution in [0.4, 0.5) is 0 Å². The van der Waals surface area contributed by atoms with E-state index in [0.29, 0.717) is 25.7 Å². The molecule has 4 aromatic heterocycles. The third-order valence-electron chi connectivity index (χ3n) is 7.44. The number of aromatic nitrogens is 8. The smallest absolute Gasteiger partial charge is 0.851 e. The minimum Gasteiger partial charge on any atom is -0.851 e. The zero-order valence-corrected chi connectivity index (χ0v) is 34.7. The molecule has 2 radical (unpaired) electrons.